The summed E-state index contributed by atoms with van der Waals surface area (Å²) in [6, 6.07) is 23.4. The van der Waals surface area contributed by atoms with E-state index >= 15 is 0 Å². The molecule has 4 fully saturated rings. The predicted molar refractivity (Wildman–Crippen MR) is 486 cm³/mol. The van der Waals surface area contributed by atoms with Gasteiger partial charge in [-0.05, 0) is 161 Å². The zero-order valence-electron chi connectivity index (χ0n) is 74.7. The number of amides is 10. The van der Waals surface area contributed by atoms with E-state index in [9.17, 15) is 80.9 Å². The van der Waals surface area contributed by atoms with Gasteiger partial charge < -0.3 is 51.1 Å². The Morgan fingerprint density at radius 3 is 1.34 bits per heavy atom. The Kier molecular flexibility index (Phi) is 37.2. The monoisotopic (exact) mass is 1870 g/mol. The number of aryl methyl sites for hydroxylation is 1. The smallest absolute Gasteiger partial charge is 0.481 e. The Labute approximate surface area is 775 Å². The molecule has 132 heavy (non-hydrogen) atoms. The number of hydrogen-bond donors (Lipinski definition) is 8. The number of carbonyl (C=O) groups excluding carboxylic acids is 11. The fourth-order valence-electron chi connectivity index (χ4n) is 18.7. The van der Waals surface area contributed by atoms with Gasteiger partial charge in [0, 0.05) is 118 Å². The van der Waals surface area contributed by atoms with Crippen molar-refractivity contribution in [1.82, 2.24) is 50.2 Å². The van der Waals surface area contributed by atoms with Crippen molar-refractivity contribution in [1.29, 1.82) is 0 Å². The largest absolute Gasteiger partial charge is 0.490 e. The lowest BCUT2D eigenvalue weighted by Crippen LogP contribution is -2.54. The fourth-order valence-corrected chi connectivity index (χ4v) is 18.9. The molecule has 14 rings (SSSR count). The number of aliphatic carboxylic acids is 2. The zero-order valence-corrected chi connectivity index (χ0v) is 76.2. The number of aliphatic hydroxyl groups excluding tert-OH is 2. The number of anilines is 3. The first-order valence-corrected chi connectivity index (χ1v) is 46.9. The van der Waals surface area contributed by atoms with Gasteiger partial charge in [0.25, 0.3) is 23.6 Å². The summed E-state index contributed by atoms with van der Waals surface area (Å²) in [7, 11) is 0. The van der Waals surface area contributed by atoms with Crippen LogP contribution in [0.2, 0.25) is 10.0 Å². The molecule has 31 nitrogen and oxygen atoms in total. The quantitative estimate of drug-likeness (QED) is 0.0132. The van der Waals surface area contributed by atoms with Crippen molar-refractivity contribution >= 4 is 117 Å². The molecular weight excluding hydrogens is 1750 g/mol. The average molecular weight is 1870 g/mol. The number of unbranched alkanes of at least 4 members (excludes halogenated alkanes) is 14. The van der Waals surface area contributed by atoms with Crippen molar-refractivity contribution in [3.8, 4) is 0 Å². The molecule has 0 bridgehead atoms. The number of nitrogens with two attached hydrogens (primary N) is 1. The molecular formula is C96H119Cl2F3N14O17. The molecule has 10 amide bonds. The van der Waals surface area contributed by atoms with Gasteiger partial charge in [0.1, 0.15) is 42.2 Å². The number of nitrogens with one attached hydrogen (secondary N) is 3. The molecule has 710 valence electrons. The van der Waals surface area contributed by atoms with E-state index in [-0.39, 0.29) is 90.4 Å². The van der Waals surface area contributed by atoms with E-state index in [2.05, 4.69) is 59.5 Å². The first kappa shape index (κ1) is 101. The van der Waals surface area contributed by atoms with Crippen LogP contribution >= 0.6 is 23.2 Å². The summed E-state index contributed by atoms with van der Waals surface area (Å²) in [6.07, 6.45) is 19.3. The van der Waals surface area contributed by atoms with Crippen LogP contribution in [-0.2, 0) is 49.6 Å². The zero-order chi connectivity index (χ0) is 94.9. The number of benzene rings is 4. The van der Waals surface area contributed by atoms with E-state index in [0.29, 0.717) is 137 Å². The Bertz CT molecular complexity index is 5110. The highest BCUT2D eigenvalue weighted by Crippen LogP contribution is 2.45. The molecule has 0 saturated carbocycles. The van der Waals surface area contributed by atoms with Gasteiger partial charge in [-0.25, -0.2) is 24.7 Å². The maximum atomic E-state index is 14.0. The summed E-state index contributed by atoms with van der Waals surface area (Å²) in [6.45, 7) is 10.5. The number of aliphatic hydroxyl groups is 2. The van der Waals surface area contributed by atoms with Crippen molar-refractivity contribution in [3.63, 3.8) is 0 Å². The number of alkyl halides is 3. The van der Waals surface area contributed by atoms with Crippen LogP contribution in [0.15, 0.2) is 97.6 Å². The summed E-state index contributed by atoms with van der Waals surface area (Å²) in [5, 5.41) is 45.8. The van der Waals surface area contributed by atoms with E-state index < -0.39 is 83.8 Å². The number of rotatable bonds is 38. The van der Waals surface area contributed by atoms with Crippen molar-refractivity contribution in [2.24, 2.45) is 5.73 Å². The Morgan fingerprint density at radius 1 is 0.500 bits per heavy atom. The third kappa shape index (κ3) is 26.4. The van der Waals surface area contributed by atoms with E-state index in [1.54, 1.807) is 42.5 Å². The Balaban J connectivity index is 0.000000201. The normalized spacial score (nSPS) is 19.7. The maximum Gasteiger partial charge on any atom is 0.490 e. The lowest BCUT2D eigenvalue weighted by molar-refractivity contribution is -0.192. The van der Waals surface area contributed by atoms with Crippen LogP contribution in [0.1, 0.15) is 317 Å². The second kappa shape index (κ2) is 48.5. The SMILES string of the molecule is C[C@@H]1C[C@@H](O)c2ncnc(N3CCN(C(=O)[C@H](CCCCC(=O)CCCCCCCCCNc4cccc5c4C(=O)N(C4CCC(=O)NC4=O)C5=O)c4ccc(Cl)cc4)CC3)c21.C[C@@H]1C[C@@H](O)c2ncnc(N3CCN(C(=O)[C@H](CCCCC(=O)O)c4ccc(Cl)cc4)CC3)c21.NCCCCCCCCCc1cccc2c1C(=O)N(C1CCC(=O)NC1=O)C2=O.O=C(O)C(F)(F)F. The first-order valence-electron chi connectivity index (χ1n) is 46.1. The summed E-state index contributed by atoms with van der Waals surface area (Å²) in [4.78, 5) is 188. The third-order valence-corrected chi connectivity index (χ3v) is 26.2. The summed E-state index contributed by atoms with van der Waals surface area (Å²) >= 11 is 12.3. The van der Waals surface area contributed by atoms with Crippen LogP contribution in [-0.4, -0.2) is 220 Å². The molecule has 8 atom stereocenters. The van der Waals surface area contributed by atoms with Crippen LogP contribution in [0, 0.1) is 0 Å². The van der Waals surface area contributed by atoms with E-state index in [1.807, 2.05) is 52.3 Å². The van der Waals surface area contributed by atoms with Crippen LogP contribution in [0.5, 0.6) is 0 Å². The van der Waals surface area contributed by atoms with Crippen LogP contribution in [0.25, 0.3) is 0 Å². The number of carboxylic acid groups (broad SMARTS) is 2. The standard InChI is InChI=1S/C47H58ClN7O7.C25H31ClN4O4.C22H29N3O4.C2HF3O2/c1-30-28-38(57)42-40(30)43(51-29-50-42)53-24-26-54(27-25-53)45(60)34(31-17-19-32(48)20-18-31)14-9-8-13-33(56)12-7-5-3-2-4-6-10-23-49-36-16-11-15-35-41(36)47(62)55(46(35)61)37-21-22-39(58)52-44(37)59;1-16-14-20(31)23-22(16)24(28-15-27-23)29-10-12-30(13-11-29)25(34)19(4-2-3-5-21(32)33)17-6-8-18(26)9-7-17;23-14-7-5-3-1-2-4-6-9-15-10-8-11-16-19(15)22(29)25(21(16)28)17-12-13-18(26)24-20(17)27;3-2(4,5)1(6)7/h11,15-20,29-30,34,37-38,49,57H,2-10,12-14,21-28H2,1H3,(H,52,58,59);6-9,15-16,19-20,31H,2-5,10-14H2,1H3,(H,32,33);8,10-11,17H,1-7,9,12-14,23H2,(H,24,26,27);(H,6,7)/t30-,34-,37?,38-;16-,19-,20-;;/m11../s1. The molecule has 4 saturated heterocycles. The third-order valence-electron chi connectivity index (χ3n) is 25.7. The van der Waals surface area contributed by atoms with Gasteiger partial charge in [-0.2, -0.15) is 13.2 Å². The number of carboxylic acids is 2. The number of hydrogen-bond acceptors (Lipinski definition) is 23. The minimum absolute atomic E-state index is 0.0639. The maximum absolute atomic E-state index is 14.0. The summed E-state index contributed by atoms with van der Waals surface area (Å²) in [5.41, 5.74) is 13.6. The van der Waals surface area contributed by atoms with Crippen LogP contribution < -0.4 is 31.5 Å². The van der Waals surface area contributed by atoms with Crippen molar-refractivity contribution in [2.75, 3.05) is 80.6 Å². The molecule has 4 aromatic carbocycles. The van der Waals surface area contributed by atoms with Crippen molar-refractivity contribution in [2.45, 2.75) is 261 Å². The van der Waals surface area contributed by atoms with Gasteiger partial charge in [0.15, 0.2) is 0 Å². The van der Waals surface area contributed by atoms with Gasteiger partial charge in [-0.1, -0.05) is 157 Å². The number of imide groups is 4. The second-order valence-electron chi connectivity index (χ2n) is 35.0. The van der Waals surface area contributed by atoms with Gasteiger partial charge in [-0.15, -0.1) is 0 Å². The van der Waals surface area contributed by atoms with Gasteiger partial charge in [0.05, 0.1) is 57.7 Å². The van der Waals surface area contributed by atoms with Crippen molar-refractivity contribution in [3.05, 3.63) is 169 Å². The van der Waals surface area contributed by atoms with E-state index in [1.165, 1.54) is 31.9 Å². The minimum atomic E-state index is -5.08. The highest BCUT2D eigenvalue weighted by atomic mass is 35.5. The van der Waals surface area contributed by atoms with Gasteiger partial charge >= 0.3 is 18.1 Å². The number of ketones is 1. The van der Waals surface area contributed by atoms with E-state index in [4.69, 9.17) is 43.9 Å². The number of piperidine rings is 2. The van der Waals surface area contributed by atoms with Crippen LogP contribution in [0.3, 0.4) is 0 Å². The molecule has 2 aliphatic carbocycles. The lowest BCUT2D eigenvalue weighted by Gasteiger charge is -2.38. The fraction of sp³-hybridized carbons (Fsp3) is 0.531. The molecule has 36 heteroatoms. The summed E-state index contributed by atoms with van der Waals surface area (Å²) in [5.74, 6) is -5.54. The number of fused-ring (bicyclic) bond motifs is 4. The second-order valence-corrected chi connectivity index (χ2v) is 35.9. The molecule has 0 radical (unpaired) electrons. The number of Topliss-reactive ketones (excluding diaryl/α,β-unsaturated/α-hetero) is 1. The average Bonchev–Trinajstić information content (AvgIpc) is 1.61. The highest BCUT2D eigenvalue weighted by Gasteiger charge is 2.48. The topological polar surface area (TPSA) is 436 Å². The Morgan fingerprint density at radius 2 is 0.902 bits per heavy atom. The minimum Gasteiger partial charge on any atom is -0.481 e. The molecule has 8 aliphatic rings. The number of nitrogens with zero attached hydrogens (tertiary/aromatic N) is 10. The molecule has 2 unspecified atom stereocenters. The predicted octanol–water partition coefficient (Wildman–Crippen LogP) is 13.6. The Hall–Kier alpha value is -11.2. The summed E-state index contributed by atoms with van der Waals surface area (Å²) < 4.78 is 31.7. The van der Waals surface area contributed by atoms with Gasteiger partial charge in [-0.3, -0.25) is 78.0 Å². The number of carbonyl (C=O) groups is 13. The number of halogens is 5. The highest BCUT2D eigenvalue weighted by molar-refractivity contribution is 6.31. The first-order chi connectivity index (χ1) is 63.3. The molecule has 2 aromatic heterocycles. The van der Waals surface area contributed by atoms with Crippen LogP contribution in [0.4, 0.5) is 30.5 Å². The van der Waals surface area contributed by atoms with Crippen molar-refractivity contribution < 1.29 is 95.9 Å². The molecule has 6 aromatic rings. The lowest BCUT2D eigenvalue weighted by atomic mass is 9.91. The molecule has 8 heterocycles. The van der Waals surface area contributed by atoms with Gasteiger partial charge in [0.2, 0.25) is 35.4 Å². The molecule has 0 spiro atoms. The number of piperazine rings is 2. The number of aromatic nitrogens is 4. The van der Waals surface area contributed by atoms with E-state index in [0.717, 1.165) is 157 Å². The molecule has 9 N–H and O–H groups in total. The molecule has 6 aliphatic heterocycles.